The molecule has 1 atom stereocenters. The molecule has 0 heterocycles. The molecular weight excluding hydrogens is 392 g/mol. The number of carbonyl (C=O) groups is 1. The summed E-state index contributed by atoms with van der Waals surface area (Å²) in [6.07, 6.45) is 7.90. The standard InChI is InChI=1S/C18H28N2O3S2.ClH/c1-25(22,23)11-10-17(19)18(21)20-15-7-5-6-14(12-15)13-24-16-8-3-2-4-9-16;/h5-7,12,16-17H,2-4,8-11,13,19H2,1H3,(H,20,21);1H. The molecule has 0 saturated heterocycles. The average molecular weight is 421 g/mol. The number of hydrogen-bond acceptors (Lipinski definition) is 5. The Bertz CT molecular complexity index is 677. The lowest BCUT2D eigenvalue weighted by atomic mass is 10.0. The zero-order chi connectivity index (χ0) is 18.3. The van der Waals surface area contributed by atoms with Crippen molar-refractivity contribution in [2.24, 2.45) is 5.73 Å². The molecule has 5 nitrogen and oxygen atoms in total. The van der Waals surface area contributed by atoms with Gasteiger partial charge >= 0.3 is 0 Å². The normalized spacial score (nSPS) is 16.5. The van der Waals surface area contributed by atoms with Crippen LogP contribution in [0.2, 0.25) is 0 Å². The van der Waals surface area contributed by atoms with Gasteiger partial charge in [0, 0.05) is 22.9 Å². The third-order valence-corrected chi connectivity index (χ3v) is 6.79. The molecule has 1 aliphatic rings. The summed E-state index contributed by atoms with van der Waals surface area (Å²) < 4.78 is 22.3. The van der Waals surface area contributed by atoms with Gasteiger partial charge < -0.3 is 11.1 Å². The van der Waals surface area contributed by atoms with Crippen molar-refractivity contribution in [2.45, 2.75) is 55.6 Å². The number of thioether (sulfide) groups is 1. The van der Waals surface area contributed by atoms with E-state index in [-0.39, 0.29) is 30.5 Å². The SMILES string of the molecule is CS(=O)(=O)CCC(N)C(=O)Nc1cccc(CSC2CCCCC2)c1.Cl. The van der Waals surface area contributed by atoms with Gasteiger partial charge in [0.2, 0.25) is 5.91 Å². The minimum absolute atomic E-state index is 0. The summed E-state index contributed by atoms with van der Waals surface area (Å²) in [7, 11) is -3.11. The summed E-state index contributed by atoms with van der Waals surface area (Å²) in [6.45, 7) is 0. The van der Waals surface area contributed by atoms with E-state index in [2.05, 4.69) is 11.4 Å². The Balaban J connectivity index is 0.00000338. The molecule has 3 N–H and O–H groups in total. The van der Waals surface area contributed by atoms with Crippen molar-refractivity contribution in [3.05, 3.63) is 29.8 Å². The van der Waals surface area contributed by atoms with Crippen LogP contribution in [0.1, 0.15) is 44.1 Å². The topological polar surface area (TPSA) is 89.3 Å². The van der Waals surface area contributed by atoms with Gasteiger partial charge in [-0.25, -0.2) is 8.42 Å². The number of amides is 1. The molecule has 0 bridgehead atoms. The third kappa shape index (κ3) is 8.75. The van der Waals surface area contributed by atoms with E-state index in [4.69, 9.17) is 5.73 Å². The highest BCUT2D eigenvalue weighted by atomic mass is 35.5. The quantitative estimate of drug-likeness (QED) is 0.672. The predicted octanol–water partition coefficient (Wildman–Crippen LogP) is 3.37. The maximum absolute atomic E-state index is 12.1. The van der Waals surface area contributed by atoms with Gasteiger partial charge in [0.15, 0.2) is 0 Å². The second-order valence-electron chi connectivity index (χ2n) is 6.79. The molecule has 1 aromatic rings. The Hall–Kier alpha value is -0.760. The fourth-order valence-electron chi connectivity index (χ4n) is 2.89. The van der Waals surface area contributed by atoms with Gasteiger partial charge in [-0.05, 0) is 37.0 Å². The molecule has 8 heteroatoms. The Kier molecular flexibility index (Phi) is 10.00. The summed E-state index contributed by atoms with van der Waals surface area (Å²) in [4.78, 5) is 12.1. The first kappa shape index (κ1) is 23.3. The largest absolute Gasteiger partial charge is 0.325 e. The molecule has 2 rings (SSSR count). The minimum atomic E-state index is -3.11. The van der Waals surface area contributed by atoms with Crippen LogP contribution in [0.15, 0.2) is 24.3 Å². The van der Waals surface area contributed by atoms with Crippen LogP contribution >= 0.6 is 24.2 Å². The number of carbonyl (C=O) groups excluding carboxylic acids is 1. The monoisotopic (exact) mass is 420 g/mol. The van der Waals surface area contributed by atoms with Crippen molar-refractivity contribution < 1.29 is 13.2 Å². The highest BCUT2D eigenvalue weighted by molar-refractivity contribution is 7.99. The Morgan fingerprint density at radius 1 is 1.31 bits per heavy atom. The number of halogens is 1. The van der Waals surface area contributed by atoms with E-state index in [1.165, 1.54) is 37.7 Å². The summed E-state index contributed by atoms with van der Waals surface area (Å²) in [5, 5.41) is 3.53. The van der Waals surface area contributed by atoms with Crippen LogP contribution in [0.5, 0.6) is 0 Å². The first-order chi connectivity index (χ1) is 11.8. The number of hydrogen-bond donors (Lipinski definition) is 2. The van der Waals surface area contributed by atoms with Gasteiger partial charge in [0.05, 0.1) is 11.8 Å². The fraction of sp³-hybridized carbons (Fsp3) is 0.611. The van der Waals surface area contributed by atoms with Crippen LogP contribution in [0, 0.1) is 0 Å². The summed E-state index contributed by atoms with van der Waals surface area (Å²) in [5.74, 6) is 0.509. The molecular formula is C18H29ClN2O3S2. The molecule has 148 valence electrons. The first-order valence-corrected chi connectivity index (χ1v) is 11.9. The number of sulfone groups is 1. The molecule has 1 aromatic carbocycles. The lowest BCUT2D eigenvalue weighted by Gasteiger charge is -2.21. The summed E-state index contributed by atoms with van der Waals surface area (Å²) >= 11 is 1.99. The maximum atomic E-state index is 12.1. The first-order valence-electron chi connectivity index (χ1n) is 8.78. The molecule has 0 aromatic heterocycles. The van der Waals surface area contributed by atoms with E-state index in [1.807, 2.05) is 30.0 Å². The lowest BCUT2D eigenvalue weighted by molar-refractivity contribution is -0.117. The van der Waals surface area contributed by atoms with Gasteiger partial charge in [-0.2, -0.15) is 11.8 Å². The zero-order valence-corrected chi connectivity index (χ0v) is 17.6. The molecule has 1 saturated carbocycles. The van der Waals surface area contributed by atoms with E-state index < -0.39 is 15.9 Å². The van der Waals surface area contributed by atoms with Crippen molar-refractivity contribution in [3.8, 4) is 0 Å². The van der Waals surface area contributed by atoms with Crippen molar-refractivity contribution in [1.82, 2.24) is 0 Å². The fourth-order valence-corrected chi connectivity index (χ4v) is 4.85. The van der Waals surface area contributed by atoms with Crippen LogP contribution in [-0.4, -0.2) is 37.6 Å². The molecule has 0 radical (unpaired) electrons. The molecule has 0 aliphatic heterocycles. The maximum Gasteiger partial charge on any atom is 0.241 e. The molecule has 1 fully saturated rings. The Morgan fingerprint density at radius 3 is 2.65 bits per heavy atom. The number of rotatable bonds is 8. The van der Waals surface area contributed by atoms with Gasteiger partial charge in [0.1, 0.15) is 9.84 Å². The van der Waals surface area contributed by atoms with Crippen molar-refractivity contribution in [2.75, 3.05) is 17.3 Å². The molecule has 1 unspecified atom stereocenters. The van der Waals surface area contributed by atoms with Crippen LogP contribution in [-0.2, 0) is 20.4 Å². The average Bonchev–Trinajstić information content (AvgIpc) is 2.58. The van der Waals surface area contributed by atoms with Crippen molar-refractivity contribution in [1.29, 1.82) is 0 Å². The predicted molar refractivity (Wildman–Crippen MR) is 113 cm³/mol. The highest BCUT2D eigenvalue weighted by Gasteiger charge is 2.17. The zero-order valence-electron chi connectivity index (χ0n) is 15.1. The van der Waals surface area contributed by atoms with Crippen molar-refractivity contribution in [3.63, 3.8) is 0 Å². The second-order valence-corrected chi connectivity index (χ2v) is 10.3. The molecule has 0 spiro atoms. The van der Waals surface area contributed by atoms with E-state index in [0.717, 1.165) is 17.3 Å². The lowest BCUT2D eigenvalue weighted by Crippen LogP contribution is -2.37. The van der Waals surface area contributed by atoms with Crippen molar-refractivity contribution >= 4 is 45.6 Å². The number of nitrogens with two attached hydrogens (primary N) is 1. The summed E-state index contributed by atoms with van der Waals surface area (Å²) in [5.41, 5.74) is 7.67. The van der Waals surface area contributed by atoms with E-state index in [0.29, 0.717) is 5.69 Å². The molecule has 1 aliphatic carbocycles. The van der Waals surface area contributed by atoms with E-state index in [1.54, 1.807) is 0 Å². The minimum Gasteiger partial charge on any atom is -0.325 e. The number of anilines is 1. The van der Waals surface area contributed by atoms with Crippen LogP contribution < -0.4 is 11.1 Å². The smallest absolute Gasteiger partial charge is 0.241 e. The van der Waals surface area contributed by atoms with Gasteiger partial charge in [-0.15, -0.1) is 12.4 Å². The van der Waals surface area contributed by atoms with E-state index >= 15 is 0 Å². The van der Waals surface area contributed by atoms with E-state index in [9.17, 15) is 13.2 Å². The molecule has 1 amide bonds. The van der Waals surface area contributed by atoms with Gasteiger partial charge in [-0.1, -0.05) is 31.4 Å². The Morgan fingerprint density at radius 2 is 2.00 bits per heavy atom. The van der Waals surface area contributed by atoms with Crippen LogP contribution in [0.4, 0.5) is 5.69 Å². The van der Waals surface area contributed by atoms with Gasteiger partial charge in [0.25, 0.3) is 0 Å². The Labute approximate surface area is 167 Å². The number of nitrogens with one attached hydrogen (secondary N) is 1. The van der Waals surface area contributed by atoms with Crippen LogP contribution in [0.3, 0.4) is 0 Å². The summed E-state index contributed by atoms with van der Waals surface area (Å²) in [6, 6.07) is 6.96. The molecule has 26 heavy (non-hydrogen) atoms. The second kappa shape index (κ2) is 11.2. The van der Waals surface area contributed by atoms with Crippen LogP contribution in [0.25, 0.3) is 0 Å². The third-order valence-electron chi connectivity index (χ3n) is 4.37. The number of benzene rings is 1. The highest BCUT2D eigenvalue weighted by Crippen LogP contribution is 2.30. The van der Waals surface area contributed by atoms with Gasteiger partial charge in [-0.3, -0.25) is 4.79 Å².